The second kappa shape index (κ2) is 7.97. The zero-order valence-corrected chi connectivity index (χ0v) is 15.7. The molecule has 2 amide bonds. The molecule has 2 N–H and O–H groups in total. The number of aliphatic hydroxyl groups excluding tert-OH is 1. The highest BCUT2D eigenvalue weighted by Crippen LogP contribution is 2.29. The van der Waals surface area contributed by atoms with Crippen molar-refractivity contribution in [2.75, 3.05) is 6.54 Å². The Kier molecular flexibility index (Phi) is 5.68. The van der Waals surface area contributed by atoms with Crippen LogP contribution < -0.4 is 5.32 Å². The van der Waals surface area contributed by atoms with Gasteiger partial charge in [-0.15, -0.1) is 11.3 Å². The molecule has 0 saturated carbocycles. The topological polar surface area (TPSA) is 82.5 Å². The molecular formula is C19H23N3O3S. The van der Waals surface area contributed by atoms with Crippen LogP contribution in [0.25, 0.3) is 10.4 Å². The van der Waals surface area contributed by atoms with E-state index in [1.807, 2.05) is 36.7 Å². The first-order chi connectivity index (χ1) is 12.5. The minimum absolute atomic E-state index is 0.220. The molecule has 0 aliphatic carbocycles. The lowest BCUT2D eigenvalue weighted by Crippen LogP contribution is -2.46. The number of hydrogen-bond donors (Lipinski definition) is 2. The third kappa shape index (κ3) is 3.78. The van der Waals surface area contributed by atoms with Crippen LogP contribution in [0, 0.1) is 6.92 Å². The van der Waals surface area contributed by atoms with Crippen molar-refractivity contribution in [3.8, 4) is 10.4 Å². The minimum atomic E-state index is -0.749. The molecule has 3 atom stereocenters. The molecule has 1 fully saturated rings. The molecule has 3 unspecified atom stereocenters. The van der Waals surface area contributed by atoms with Crippen LogP contribution in [0.1, 0.15) is 37.1 Å². The second-order valence-corrected chi connectivity index (χ2v) is 7.47. The van der Waals surface area contributed by atoms with E-state index < -0.39 is 18.2 Å². The van der Waals surface area contributed by atoms with E-state index in [0.29, 0.717) is 13.0 Å². The molecule has 1 aliphatic rings. The number of thiazole rings is 1. The first-order valence-corrected chi connectivity index (χ1v) is 9.59. The van der Waals surface area contributed by atoms with E-state index in [9.17, 15) is 14.7 Å². The highest BCUT2D eigenvalue weighted by Gasteiger charge is 2.32. The Labute approximate surface area is 156 Å². The molecule has 1 aromatic carbocycles. The summed E-state index contributed by atoms with van der Waals surface area (Å²) in [6, 6.07) is 6.81. The van der Waals surface area contributed by atoms with Crippen LogP contribution in [0.2, 0.25) is 0 Å². The maximum atomic E-state index is 12.6. The van der Waals surface area contributed by atoms with Crippen LogP contribution in [0.15, 0.2) is 29.8 Å². The average Bonchev–Trinajstić information content (AvgIpc) is 3.28. The molecule has 1 aliphatic heterocycles. The van der Waals surface area contributed by atoms with E-state index >= 15 is 0 Å². The molecule has 2 aromatic rings. The number of aromatic nitrogens is 1. The molecular weight excluding hydrogens is 350 g/mol. The number of carbonyl (C=O) groups is 2. The molecule has 1 aromatic heterocycles. The van der Waals surface area contributed by atoms with E-state index in [0.717, 1.165) is 34.5 Å². The SMILES string of the molecule is Cc1ncsc1-c1ccc(C(NC(=O)C2CCCN2C=O)C(C)O)cc1. The van der Waals surface area contributed by atoms with Crippen molar-refractivity contribution in [2.45, 2.75) is 44.9 Å². The lowest BCUT2D eigenvalue weighted by atomic mass is 9.99. The fourth-order valence-corrected chi connectivity index (χ4v) is 4.16. The Morgan fingerprint density at radius 3 is 2.73 bits per heavy atom. The zero-order chi connectivity index (χ0) is 18.7. The Morgan fingerprint density at radius 2 is 2.15 bits per heavy atom. The van der Waals surface area contributed by atoms with Gasteiger partial charge in [0.05, 0.1) is 28.2 Å². The first kappa shape index (κ1) is 18.5. The van der Waals surface area contributed by atoms with E-state index in [-0.39, 0.29) is 5.91 Å². The first-order valence-electron chi connectivity index (χ1n) is 8.71. The molecule has 3 rings (SSSR count). The molecule has 138 valence electrons. The van der Waals surface area contributed by atoms with Gasteiger partial charge in [0.25, 0.3) is 0 Å². The van der Waals surface area contributed by atoms with Crippen molar-refractivity contribution in [2.24, 2.45) is 0 Å². The van der Waals surface area contributed by atoms with Gasteiger partial charge in [-0.2, -0.15) is 0 Å². The number of nitrogens with zero attached hydrogens (tertiary/aromatic N) is 2. The number of likely N-dealkylation sites (tertiary alicyclic amines) is 1. The Balaban J connectivity index is 1.76. The number of hydrogen-bond acceptors (Lipinski definition) is 5. The third-order valence-electron chi connectivity index (χ3n) is 4.79. The number of aliphatic hydroxyl groups is 1. The van der Waals surface area contributed by atoms with Crippen LogP contribution in [0.4, 0.5) is 0 Å². The molecule has 1 saturated heterocycles. The van der Waals surface area contributed by atoms with Gasteiger partial charge < -0.3 is 15.3 Å². The lowest BCUT2D eigenvalue weighted by molar-refractivity contribution is -0.132. The maximum absolute atomic E-state index is 12.6. The van der Waals surface area contributed by atoms with Gasteiger partial charge in [0.2, 0.25) is 12.3 Å². The van der Waals surface area contributed by atoms with Crippen LogP contribution in [0.5, 0.6) is 0 Å². The van der Waals surface area contributed by atoms with Crippen molar-refractivity contribution < 1.29 is 14.7 Å². The maximum Gasteiger partial charge on any atom is 0.243 e. The average molecular weight is 373 g/mol. The van der Waals surface area contributed by atoms with E-state index in [1.165, 1.54) is 4.90 Å². The number of nitrogens with one attached hydrogen (secondary N) is 1. The lowest BCUT2D eigenvalue weighted by Gasteiger charge is -2.26. The molecule has 0 spiro atoms. The standard InChI is InChI=1S/C19H23N3O3S/c1-12-18(26-10-20-12)15-7-5-14(6-8-15)17(13(2)24)21-19(25)16-4-3-9-22(16)11-23/h5-8,10-11,13,16-17,24H,3-4,9H2,1-2H3,(H,21,25). The normalized spacial score (nSPS) is 19.2. The molecule has 7 heteroatoms. The van der Waals surface area contributed by atoms with Crippen LogP contribution >= 0.6 is 11.3 Å². The Bertz CT molecular complexity index is 773. The van der Waals surface area contributed by atoms with Crippen molar-refractivity contribution in [3.05, 3.63) is 41.0 Å². The van der Waals surface area contributed by atoms with Crippen LogP contribution in [0.3, 0.4) is 0 Å². The van der Waals surface area contributed by atoms with Gasteiger partial charge in [0.1, 0.15) is 6.04 Å². The summed E-state index contributed by atoms with van der Waals surface area (Å²) in [7, 11) is 0. The van der Waals surface area contributed by atoms with Gasteiger partial charge in [-0.1, -0.05) is 24.3 Å². The monoisotopic (exact) mass is 373 g/mol. The second-order valence-electron chi connectivity index (χ2n) is 6.62. The number of amides is 2. The summed E-state index contributed by atoms with van der Waals surface area (Å²) in [5.74, 6) is -0.220. The summed E-state index contributed by atoms with van der Waals surface area (Å²) < 4.78 is 0. The highest BCUT2D eigenvalue weighted by molar-refractivity contribution is 7.13. The van der Waals surface area contributed by atoms with Gasteiger partial charge in [0.15, 0.2) is 0 Å². The van der Waals surface area contributed by atoms with Gasteiger partial charge in [-0.05, 0) is 37.8 Å². The molecule has 6 nitrogen and oxygen atoms in total. The summed E-state index contributed by atoms with van der Waals surface area (Å²) >= 11 is 1.58. The number of aryl methyl sites for hydroxylation is 1. The van der Waals surface area contributed by atoms with Crippen molar-refractivity contribution >= 4 is 23.7 Å². The van der Waals surface area contributed by atoms with Gasteiger partial charge in [-0.3, -0.25) is 9.59 Å². The quantitative estimate of drug-likeness (QED) is 0.761. The molecule has 0 radical (unpaired) electrons. The van der Waals surface area contributed by atoms with Crippen molar-refractivity contribution in [3.63, 3.8) is 0 Å². The van der Waals surface area contributed by atoms with Gasteiger partial charge >= 0.3 is 0 Å². The Morgan fingerprint density at radius 1 is 1.42 bits per heavy atom. The molecule has 0 bridgehead atoms. The van der Waals surface area contributed by atoms with E-state index in [2.05, 4.69) is 10.3 Å². The van der Waals surface area contributed by atoms with E-state index in [4.69, 9.17) is 0 Å². The van der Waals surface area contributed by atoms with Crippen LogP contribution in [-0.4, -0.2) is 46.0 Å². The minimum Gasteiger partial charge on any atom is -0.391 e. The molecule has 26 heavy (non-hydrogen) atoms. The summed E-state index contributed by atoms with van der Waals surface area (Å²) in [5.41, 5.74) is 4.69. The van der Waals surface area contributed by atoms with Crippen molar-refractivity contribution in [1.29, 1.82) is 0 Å². The van der Waals surface area contributed by atoms with Crippen molar-refractivity contribution in [1.82, 2.24) is 15.2 Å². The summed E-state index contributed by atoms with van der Waals surface area (Å²) in [4.78, 5) is 30.5. The van der Waals surface area contributed by atoms with Crippen LogP contribution in [-0.2, 0) is 9.59 Å². The largest absolute Gasteiger partial charge is 0.391 e. The Hall–Kier alpha value is -2.25. The predicted molar refractivity (Wildman–Crippen MR) is 101 cm³/mol. The molecule has 2 heterocycles. The summed E-state index contributed by atoms with van der Waals surface area (Å²) in [6.45, 7) is 4.22. The smallest absolute Gasteiger partial charge is 0.243 e. The number of benzene rings is 1. The summed E-state index contributed by atoms with van der Waals surface area (Å²) in [6.07, 6.45) is 1.45. The fraction of sp³-hybridized carbons (Fsp3) is 0.421. The van der Waals surface area contributed by atoms with Gasteiger partial charge in [-0.25, -0.2) is 4.98 Å². The number of rotatable bonds is 6. The van der Waals surface area contributed by atoms with E-state index in [1.54, 1.807) is 18.3 Å². The van der Waals surface area contributed by atoms with Gasteiger partial charge in [0, 0.05) is 6.54 Å². The zero-order valence-electron chi connectivity index (χ0n) is 14.9. The summed E-state index contributed by atoms with van der Waals surface area (Å²) in [5, 5.41) is 13.1. The highest BCUT2D eigenvalue weighted by atomic mass is 32.1. The third-order valence-corrected chi connectivity index (χ3v) is 5.77. The predicted octanol–water partition coefficient (Wildman–Crippen LogP) is 2.28. The fourth-order valence-electron chi connectivity index (χ4n) is 3.35. The number of carbonyl (C=O) groups excluding carboxylic acids is 2.